The van der Waals surface area contributed by atoms with E-state index in [4.69, 9.17) is 4.74 Å². The van der Waals surface area contributed by atoms with E-state index in [9.17, 15) is 4.79 Å². The fraction of sp³-hybridized carbons (Fsp3) is 0.348. The van der Waals surface area contributed by atoms with Crippen LogP contribution in [0.2, 0.25) is 0 Å². The van der Waals surface area contributed by atoms with Crippen LogP contribution >= 0.6 is 31.9 Å². The van der Waals surface area contributed by atoms with Gasteiger partial charge < -0.3 is 4.74 Å². The molecule has 140 valence electrons. The minimum absolute atomic E-state index is 0.273. The van der Waals surface area contributed by atoms with E-state index in [2.05, 4.69) is 50.9 Å². The molecule has 2 aromatic carbocycles. The molecule has 0 radical (unpaired) electrons. The lowest BCUT2D eigenvalue weighted by atomic mass is 9.89. The Bertz CT molecular complexity index is 928. The second-order valence-corrected chi connectivity index (χ2v) is 9.07. The van der Waals surface area contributed by atoms with Crippen molar-refractivity contribution in [2.75, 3.05) is 6.61 Å². The van der Waals surface area contributed by atoms with Crippen LogP contribution in [0, 0.1) is 0 Å². The average Bonchev–Trinajstić information content (AvgIpc) is 3.27. The molecule has 2 unspecified atom stereocenters. The number of esters is 1. The van der Waals surface area contributed by atoms with E-state index in [1.54, 1.807) is 0 Å². The molecule has 0 saturated heterocycles. The maximum Gasteiger partial charge on any atom is 0.338 e. The summed E-state index contributed by atoms with van der Waals surface area (Å²) in [5.41, 5.74) is 7.14. The number of allylic oxidation sites excluding steroid dienone is 1. The Kier molecular flexibility index (Phi) is 5.30. The zero-order valence-corrected chi connectivity index (χ0v) is 18.7. The van der Waals surface area contributed by atoms with E-state index in [0.29, 0.717) is 18.1 Å². The molecule has 4 heteroatoms. The molecule has 2 aliphatic carbocycles. The molecule has 2 aliphatic rings. The van der Waals surface area contributed by atoms with E-state index in [-0.39, 0.29) is 5.97 Å². The quantitative estimate of drug-likeness (QED) is 0.332. The highest BCUT2D eigenvalue weighted by Crippen LogP contribution is 2.58. The highest BCUT2D eigenvalue weighted by atomic mass is 79.9. The number of carbonyl (C=O) groups excluding carboxylic acids is 1. The van der Waals surface area contributed by atoms with Gasteiger partial charge in [-0.15, -0.1) is 0 Å². The van der Waals surface area contributed by atoms with E-state index in [1.807, 2.05) is 31.2 Å². The van der Waals surface area contributed by atoms with Gasteiger partial charge >= 0.3 is 5.97 Å². The van der Waals surface area contributed by atoms with Gasteiger partial charge in [-0.3, -0.25) is 0 Å². The fourth-order valence-corrected chi connectivity index (χ4v) is 6.26. The number of halogens is 2. The Balaban J connectivity index is 1.65. The number of ether oxygens (including phenoxy) is 1. The summed E-state index contributed by atoms with van der Waals surface area (Å²) in [4.78, 5) is 11.8. The van der Waals surface area contributed by atoms with Gasteiger partial charge in [-0.1, -0.05) is 34.1 Å². The lowest BCUT2D eigenvalue weighted by Crippen LogP contribution is -2.04. The van der Waals surface area contributed by atoms with Gasteiger partial charge in [0, 0.05) is 8.95 Å². The molecule has 0 aromatic heterocycles. The van der Waals surface area contributed by atoms with Crippen molar-refractivity contribution in [2.24, 2.45) is 0 Å². The minimum atomic E-state index is -0.273. The molecule has 27 heavy (non-hydrogen) atoms. The molecule has 2 nitrogen and oxygen atoms in total. The van der Waals surface area contributed by atoms with E-state index in [1.165, 1.54) is 50.5 Å². The van der Waals surface area contributed by atoms with Gasteiger partial charge in [0.05, 0.1) is 12.2 Å². The highest BCUT2D eigenvalue weighted by molar-refractivity contribution is 9.11. The summed E-state index contributed by atoms with van der Waals surface area (Å²) in [5, 5.41) is 0. The summed E-state index contributed by atoms with van der Waals surface area (Å²) in [6.07, 6.45) is 6.10. The maximum atomic E-state index is 11.8. The molecule has 0 spiro atoms. The van der Waals surface area contributed by atoms with Gasteiger partial charge in [0.2, 0.25) is 0 Å². The second-order valence-electron chi connectivity index (χ2n) is 7.42. The number of benzene rings is 2. The van der Waals surface area contributed by atoms with Crippen molar-refractivity contribution in [1.29, 1.82) is 0 Å². The first-order chi connectivity index (χ1) is 13.0. The van der Waals surface area contributed by atoms with Crippen LogP contribution in [0.1, 0.15) is 77.6 Å². The Morgan fingerprint density at radius 2 is 1.81 bits per heavy atom. The van der Waals surface area contributed by atoms with Crippen LogP contribution in [0.25, 0.3) is 11.6 Å². The van der Waals surface area contributed by atoms with Crippen LogP contribution in [-0.4, -0.2) is 12.6 Å². The van der Waals surface area contributed by atoms with Gasteiger partial charge in [0.25, 0.3) is 0 Å². The SMILES string of the molecule is CCOC(=O)c1ccc(C=C(C)c2cc(Br)c3c(c2Br)C2CCC3C2)cc1. The molecule has 0 amide bonds. The van der Waals surface area contributed by atoms with Gasteiger partial charge in [0.1, 0.15) is 0 Å². The zero-order valence-electron chi connectivity index (χ0n) is 15.5. The molecule has 0 heterocycles. The molecule has 2 aromatic rings. The number of hydrogen-bond donors (Lipinski definition) is 0. The van der Waals surface area contributed by atoms with Gasteiger partial charge in [0.15, 0.2) is 0 Å². The highest BCUT2D eigenvalue weighted by Gasteiger charge is 2.40. The maximum absolute atomic E-state index is 11.8. The third-order valence-corrected chi connectivity index (χ3v) is 7.28. The molecule has 1 fully saturated rings. The molecule has 0 N–H and O–H groups in total. The Labute approximate surface area is 177 Å². The summed E-state index contributed by atoms with van der Waals surface area (Å²) in [5.74, 6) is 1.15. The largest absolute Gasteiger partial charge is 0.462 e. The number of fused-ring (bicyclic) bond motifs is 5. The summed E-state index contributed by atoms with van der Waals surface area (Å²) >= 11 is 7.74. The number of rotatable bonds is 4. The normalized spacial score (nSPS) is 20.7. The van der Waals surface area contributed by atoms with Crippen molar-refractivity contribution in [3.8, 4) is 0 Å². The molecule has 2 bridgehead atoms. The number of hydrogen-bond acceptors (Lipinski definition) is 2. The molecule has 0 aliphatic heterocycles. The summed E-state index contributed by atoms with van der Waals surface area (Å²) in [6, 6.07) is 9.83. The zero-order chi connectivity index (χ0) is 19.1. The predicted octanol–water partition coefficient (Wildman–Crippen LogP) is 7.31. The van der Waals surface area contributed by atoms with Crippen molar-refractivity contribution >= 4 is 49.5 Å². The molecular weight excluding hydrogens is 468 g/mol. The summed E-state index contributed by atoms with van der Waals surface area (Å²) in [7, 11) is 0. The van der Waals surface area contributed by atoms with Gasteiger partial charge in [-0.2, -0.15) is 0 Å². The first kappa shape index (κ1) is 18.9. The van der Waals surface area contributed by atoms with Gasteiger partial charge in [-0.25, -0.2) is 4.79 Å². The monoisotopic (exact) mass is 488 g/mol. The van der Waals surface area contributed by atoms with Crippen LogP contribution in [0.3, 0.4) is 0 Å². The summed E-state index contributed by atoms with van der Waals surface area (Å²) < 4.78 is 7.55. The molecule has 2 atom stereocenters. The van der Waals surface area contributed by atoms with Gasteiger partial charge in [-0.05, 0) is 107 Å². The Morgan fingerprint density at radius 1 is 1.15 bits per heavy atom. The van der Waals surface area contributed by atoms with Crippen molar-refractivity contribution in [1.82, 2.24) is 0 Å². The molecular formula is C23H22Br2O2. The first-order valence-corrected chi connectivity index (χ1v) is 11.1. The average molecular weight is 490 g/mol. The van der Waals surface area contributed by atoms with Crippen molar-refractivity contribution in [3.63, 3.8) is 0 Å². The predicted molar refractivity (Wildman–Crippen MR) is 117 cm³/mol. The van der Waals surface area contributed by atoms with Crippen molar-refractivity contribution in [2.45, 2.75) is 44.9 Å². The van der Waals surface area contributed by atoms with Crippen molar-refractivity contribution in [3.05, 3.63) is 67.1 Å². The lowest BCUT2D eigenvalue weighted by Gasteiger charge is -2.21. The third-order valence-electron chi connectivity index (χ3n) is 5.77. The number of carbonyl (C=O) groups is 1. The van der Waals surface area contributed by atoms with E-state index >= 15 is 0 Å². The standard InChI is InChI=1S/C23H22Br2O2/c1-3-27-23(26)15-6-4-14(5-7-15)10-13(2)18-12-19(24)20-16-8-9-17(11-16)21(20)22(18)25/h4-7,10,12,16-17H,3,8-9,11H2,1-2H3. The summed E-state index contributed by atoms with van der Waals surface area (Å²) in [6.45, 7) is 4.35. The van der Waals surface area contributed by atoms with Crippen LogP contribution in [0.4, 0.5) is 0 Å². The van der Waals surface area contributed by atoms with Crippen LogP contribution in [-0.2, 0) is 4.74 Å². The smallest absolute Gasteiger partial charge is 0.338 e. The molecule has 1 saturated carbocycles. The van der Waals surface area contributed by atoms with Crippen LogP contribution < -0.4 is 0 Å². The minimum Gasteiger partial charge on any atom is -0.462 e. The second kappa shape index (κ2) is 7.56. The topological polar surface area (TPSA) is 26.3 Å². The fourth-order valence-electron chi connectivity index (χ4n) is 4.52. The first-order valence-electron chi connectivity index (χ1n) is 9.47. The lowest BCUT2D eigenvalue weighted by molar-refractivity contribution is 0.0526. The Hall–Kier alpha value is -1.39. The van der Waals surface area contributed by atoms with E-state index < -0.39 is 0 Å². The third kappa shape index (κ3) is 3.42. The molecule has 4 rings (SSSR count). The van der Waals surface area contributed by atoms with E-state index in [0.717, 1.165) is 11.5 Å². The Morgan fingerprint density at radius 3 is 2.48 bits per heavy atom. The van der Waals surface area contributed by atoms with Crippen molar-refractivity contribution < 1.29 is 9.53 Å². The van der Waals surface area contributed by atoms with Crippen LogP contribution in [0.15, 0.2) is 39.3 Å². The van der Waals surface area contributed by atoms with Crippen LogP contribution in [0.5, 0.6) is 0 Å².